The summed E-state index contributed by atoms with van der Waals surface area (Å²) in [6, 6.07) is 5.28. The highest BCUT2D eigenvalue weighted by Crippen LogP contribution is 2.17. The number of nitrogens with zero attached hydrogens (tertiary/aromatic N) is 1. The van der Waals surface area contributed by atoms with Crippen LogP contribution in [0.25, 0.3) is 0 Å². The molecule has 1 aromatic carbocycles. The van der Waals surface area contributed by atoms with E-state index in [9.17, 15) is 14.9 Å². The maximum absolute atomic E-state index is 11.5. The second-order valence-corrected chi connectivity index (χ2v) is 5.77. The van der Waals surface area contributed by atoms with Crippen molar-refractivity contribution in [2.75, 3.05) is 6.61 Å². The molecule has 0 heterocycles. The normalized spacial score (nSPS) is 10.8. The molecule has 0 radical (unpaired) electrons. The van der Waals surface area contributed by atoms with Crippen LogP contribution in [-0.4, -0.2) is 17.7 Å². The highest BCUT2D eigenvalue weighted by Gasteiger charge is 2.08. The molecule has 0 aliphatic rings. The average molecular weight is 349 g/mol. The molecule has 0 amide bonds. The Hall–Kier alpha value is -2.37. The number of nitro benzene ring substituents is 1. The number of rotatable bonds is 12. The predicted molar refractivity (Wildman–Crippen MR) is 96.8 cm³/mol. The second-order valence-electron chi connectivity index (χ2n) is 5.77. The minimum absolute atomic E-state index is 0.0564. The van der Waals surface area contributed by atoms with E-state index in [4.69, 9.17) is 9.47 Å². The summed E-state index contributed by atoms with van der Waals surface area (Å²) in [7, 11) is 0. The average Bonchev–Trinajstić information content (AvgIpc) is 2.60. The third-order valence-electron chi connectivity index (χ3n) is 3.62. The summed E-state index contributed by atoms with van der Waals surface area (Å²) in [5, 5.41) is 10.5. The van der Waals surface area contributed by atoms with Gasteiger partial charge in [-0.25, -0.2) is 4.79 Å². The number of hydrogen-bond acceptors (Lipinski definition) is 5. The minimum atomic E-state index is -0.791. The van der Waals surface area contributed by atoms with Crippen LogP contribution in [-0.2, 0) is 4.74 Å². The van der Waals surface area contributed by atoms with Gasteiger partial charge in [-0.3, -0.25) is 10.1 Å². The topological polar surface area (TPSA) is 78.7 Å². The summed E-state index contributed by atoms with van der Waals surface area (Å²) in [4.78, 5) is 21.5. The largest absolute Gasteiger partial charge is 0.513 e. The zero-order valence-corrected chi connectivity index (χ0v) is 14.8. The zero-order valence-electron chi connectivity index (χ0n) is 14.8. The molecule has 25 heavy (non-hydrogen) atoms. The van der Waals surface area contributed by atoms with Crippen LogP contribution in [0.4, 0.5) is 10.5 Å². The first kappa shape index (κ1) is 20.7. The van der Waals surface area contributed by atoms with Crippen molar-refractivity contribution in [3.8, 4) is 5.75 Å². The monoisotopic (exact) mass is 349 g/mol. The van der Waals surface area contributed by atoms with Gasteiger partial charge in [0.25, 0.3) is 5.69 Å². The fraction of sp³-hybridized carbons (Fsp3) is 0.526. The summed E-state index contributed by atoms with van der Waals surface area (Å²) in [5.41, 5.74) is -0.0564. The van der Waals surface area contributed by atoms with Crippen LogP contribution in [0.2, 0.25) is 0 Å². The van der Waals surface area contributed by atoms with Crippen LogP contribution in [0.3, 0.4) is 0 Å². The third-order valence-corrected chi connectivity index (χ3v) is 3.62. The second kappa shape index (κ2) is 13.0. The first-order valence-electron chi connectivity index (χ1n) is 8.87. The molecular formula is C19H27NO5. The van der Waals surface area contributed by atoms with Gasteiger partial charge in [-0.15, -0.1) is 0 Å². The number of ether oxygens (including phenoxy) is 2. The summed E-state index contributed by atoms with van der Waals surface area (Å²) >= 11 is 0. The molecule has 0 spiro atoms. The summed E-state index contributed by atoms with van der Waals surface area (Å²) in [6.07, 6.45) is 12.6. The van der Waals surface area contributed by atoms with Crippen molar-refractivity contribution >= 4 is 11.8 Å². The van der Waals surface area contributed by atoms with E-state index in [0.29, 0.717) is 6.61 Å². The fourth-order valence-electron chi connectivity index (χ4n) is 2.21. The van der Waals surface area contributed by atoms with Gasteiger partial charge in [0.05, 0.1) is 11.5 Å². The molecule has 1 rings (SSSR count). The molecule has 6 heteroatoms. The lowest BCUT2D eigenvalue weighted by molar-refractivity contribution is -0.384. The quantitative estimate of drug-likeness (QED) is 0.119. The van der Waals surface area contributed by atoms with Crippen LogP contribution in [0.1, 0.15) is 58.3 Å². The lowest BCUT2D eigenvalue weighted by Gasteiger charge is -2.05. The summed E-state index contributed by atoms with van der Waals surface area (Å²) in [5.74, 6) is 0.224. The first-order chi connectivity index (χ1) is 12.1. The van der Waals surface area contributed by atoms with E-state index in [1.54, 1.807) is 0 Å². The molecule has 0 N–H and O–H groups in total. The van der Waals surface area contributed by atoms with Gasteiger partial charge in [-0.2, -0.15) is 0 Å². The Morgan fingerprint density at radius 3 is 2.28 bits per heavy atom. The van der Waals surface area contributed by atoms with E-state index in [-0.39, 0.29) is 11.4 Å². The molecule has 0 saturated carbocycles. The van der Waals surface area contributed by atoms with E-state index in [1.807, 2.05) is 0 Å². The van der Waals surface area contributed by atoms with Gasteiger partial charge in [0.2, 0.25) is 0 Å². The van der Waals surface area contributed by atoms with Gasteiger partial charge in [-0.05, 0) is 44.2 Å². The Balaban J connectivity index is 2.05. The maximum atomic E-state index is 11.5. The third kappa shape index (κ3) is 10.2. The molecule has 0 unspecified atom stereocenters. The Labute approximate surface area is 149 Å². The number of carbonyl (C=O) groups excluding carboxylic acids is 1. The number of non-ortho nitro benzene ring substituents is 1. The van der Waals surface area contributed by atoms with Gasteiger partial charge in [0, 0.05) is 12.1 Å². The Kier molecular flexibility index (Phi) is 10.7. The van der Waals surface area contributed by atoms with E-state index >= 15 is 0 Å². The maximum Gasteiger partial charge on any atom is 0.513 e. The van der Waals surface area contributed by atoms with E-state index in [0.717, 1.165) is 25.7 Å². The molecule has 0 fully saturated rings. The highest BCUT2D eigenvalue weighted by atomic mass is 16.7. The van der Waals surface area contributed by atoms with Crippen molar-refractivity contribution in [2.45, 2.75) is 58.3 Å². The van der Waals surface area contributed by atoms with Crippen molar-refractivity contribution in [2.24, 2.45) is 0 Å². The van der Waals surface area contributed by atoms with Gasteiger partial charge in [0.15, 0.2) is 0 Å². The Morgan fingerprint density at radius 1 is 1.04 bits per heavy atom. The van der Waals surface area contributed by atoms with Gasteiger partial charge in [-0.1, -0.05) is 38.3 Å². The van der Waals surface area contributed by atoms with E-state index < -0.39 is 11.1 Å². The molecule has 0 bridgehead atoms. The number of unbranched alkanes of at least 4 members (excludes halogenated alkanes) is 6. The van der Waals surface area contributed by atoms with Gasteiger partial charge in [0.1, 0.15) is 5.75 Å². The van der Waals surface area contributed by atoms with E-state index in [1.165, 1.54) is 49.9 Å². The van der Waals surface area contributed by atoms with E-state index in [2.05, 4.69) is 19.1 Å². The molecule has 0 atom stereocenters. The standard InChI is InChI=1S/C19H27NO5/c1-2-3-4-5-6-7-8-9-10-11-16-24-19(21)25-18-14-12-17(13-15-18)20(22)23/h7-8,12-15H,2-6,9-11,16H2,1H3/b8-7-. The van der Waals surface area contributed by atoms with Crippen LogP contribution in [0.5, 0.6) is 5.75 Å². The number of carbonyl (C=O) groups is 1. The summed E-state index contributed by atoms with van der Waals surface area (Å²) < 4.78 is 9.92. The van der Waals surface area contributed by atoms with Crippen LogP contribution in [0.15, 0.2) is 36.4 Å². The van der Waals surface area contributed by atoms with Crippen molar-refractivity contribution in [1.82, 2.24) is 0 Å². The van der Waals surface area contributed by atoms with Crippen LogP contribution >= 0.6 is 0 Å². The van der Waals surface area contributed by atoms with Crippen molar-refractivity contribution in [3.05, 3.63) is 46.5 Å². The number of allylic oxidation sites excluding steroid dienone is 2. The smallest absolute Gasteiger partial charge is 0.434 e. The van der Waals surface area contributed by atoms with Crippen LogP contribution in [0, 0.1) is 10.1 Å². The Morgan fingerprint density at radius 2 is 1.68 bits per heavy atom. The molecule has 0 aromatic heterocycles. The number of benzene rings is 1. The zero-order chi connectivity index (χ0) is 18.3. The van der Waals surface area contributed by atoms with Crippen molar-refractivity contribution in [3.63, 3.8) is 0 Å². The fourth-order valence-corrected chi connectivity index (χ4v) is 2.21. The first-order valence-corrected chi connectivity index (χ1v) is 8.87. The van der Waals surface area contributed by atoms with Gasteiger partial charge < -0.3 is 9.47 Å². The molecule has 6 nitrogen and oxygen atoms in total. The Bertz CT molecular complexity index is 539. The molecule has 138 valence electrons. The molecule has 0 aliphatic carbocycles. The lowest BCUT2D eigenvalue weighted by Crippen LogP contribution is -2.11. The van der Waals surface area contributed by atoms with Crippen molar-refractivity contribution in [1.29, 1.82) is 0 Å². The SMILES string of the molecule is CCCCCC/C=C\CCCCOC(=O)Oc1ccc([N+](=O)[O-])cc1. The molecule has 1 aromatic rings. The van der Waals surface area contributed by atoms with Gasteiger partial charge >= 0.3 is 6.16 Å². The molecule has 0 aliphatic heterocycles. The molecule has 0 saturated heterocycles. The minimum Gasteiger partial charge on any atom is -0.434 e. The highest BCUT2D eigenvalue weighted by molar-refractivity contribution is 5.63. The van der Waals surface area contributed by atoms with Crippen molar-refractivity contribution < 1.29 is 19.2 Å². The van der Waals surface area contributed by atoms with Crippen LogP contribution < -0.4 is 4.74 Å². The summed E-state index contributed by atoms with van der Waals surface area (Å²) in [6.45, 7) is 2.51. The number of hydrogen-bond donors (Lipinski definition) is 0. The number of nitro groups is 1. The molecular weight excluding hydrogens is 322 g/mol. The predicted octanol–water partition coefficient (Wildman–Crippen LogP) is 5.81. The lowest BCUT2D eigenvalue weighted by atomic mass is 10.1.